The minimum atomic E-state index is -2.06. The zero-order valence-electron chi connectivity index (χ0n) is 14.2. The third kappa shape index (κ3) is 3.26. The summed E-state index contributed by atoms with van der Waals surface area (Å²) in [6.45, 7) is 0.742. The van der Waals surface area contributed by atoms with E-state index >= 15 is 0 Å². The van der Waals surface area contributed by atoms with Gasteiger partial charge in [0.1, 0.15) is 17.3 Å². The number of aliphatic hydroxyl groups is 1. The van der Waals surface area contributed by atoms with E-state index in [-0.39, 0.29) is 5.82 Å². The lowest BCUT2D eigenvalue weighted by molar-refractivity contribution is 0.0626. The molecule has 2 aromatic carbocycles. The number of fused-ring (bicyclic) bond motifs is 1. The number of hydrogen-bond donors (Lipinski definition) is 1. The molecule has 4 nitrogen and oxygen atoms in total. The number of imidazole rings is 1. The van der Waals surface area contributed by atoms with Crippen molar-refractivity contribution in [3.8, 4) is 11.5 Å². The molecule has 0 aliphatic carbocycles. The lowest BCUT2D eigenvalue weighted by atomic mass is 10.1. The van der Waals surface area contributed by atoms with E-state index in [1.54, 1.807) is 18.2 Å². The molecule has 0 saturated heterocycles. The van der Waals surface area contributed by atoms with Crippen molar-refractivity contribution in [2.24, 2.45) is 0 Å². The monoisotopic (exact) mass is 302 g/mol. The maximum Gasteiger partial charge on any atom is 0.129 e. The van der Waals surface area contributed by atoms with Gasteiger partial charge in [-0.15, -0.1) is 0 Å². The number of hydrogen-bond acceptors (Lipinski definition) is 3. The summed E-state index contributed by atoms with van der Waals surface area (Å²) in [4.78, 5) is 4.16. The van der Waals surface area contributed by atoms with Crippen LogP contribution < -0.4 is 4.74 Å². The van der Waals surface area contributed by atoms with Crippen molar-refractivity contribution < 1.29 is 17.0 Å². The molecule has 1 aromatic heterocycles. The van der Waals surface area contributed by atoms with E-state index in [1.807, 2.05) is 0 Å². The second-order valence-corrected chi connectivity index (χ2v) is 5.49. The number of benzene rings is 2. The van der Waals surface area contributed by atoms with E-state index in [4.69, 9.17) is 7.48 Å². The first-order chi connectivity index (χ1) is 11.2. The van der Waals surface area contributed by atoms with E-state index in [9.17, 15) is 9.50 Å². The summed E-state index contributed by atoms with van der Waals surface area (Å²) < 4.78 is 36.3. The summed E-state index contributed by atoms with van der Waals surface area (Å²) in [5.41, 5.74) is -0.537. The van der Waals surface area contributed by atoms with Crippen molar-refractivity contribution >= 4 is 11.0 Å². The summed E-state index contributed by atoms with van der Waals surface area (Å²) in [7, 11) is 0. The summed E-state index contributed by atoms with van der Waals surface area (Å²) in [6.07, 6.45) is 1.35. The molecule has 0 saturated carbocycles. The molecule has 1 heterocycles. The summed E-state index contributed by atoms with van der Waals surface area (Å²) in [6, 6.07) is 10.6. The van der Waals surface area contributed by atoms with E-state index < -0.39 is 12.1 Å². The van der Waals surface area contributed by atoms with Gasteiger partial charge in [-0.3, -0.25) is 0 Å². The highest BCUT2D eigenvalue weighted by Crippen LogP contribution is 2.26. The largest absolute Gasteiger partial charge is 0.457 e. The fraction of sp³-hybridized carbons (Fsp3) is 0.235. The SMILES string of the molecule is [2H]C([2H])(n1cnc2ccc(Oc3ccc(F)cc3)cc21)C(C)(C)O. The summed E-state index contributed by atoms with van der Waals surface area (Å²) in [5.74, 6) is 0.573. The molecular formula is C17H17FN2O2. The smallest absolute Gasteiger partial charge is 0.129 e. The Morgan fingerprint density at radius 3 is 2.59 bits per heavy atom. The van der Waals surface area contributed by atoms with E-state index in [2.05, 4.69) is 4.98 Å². The van der Waals surface area contributed by atoms with Crippen molar-refractivity contribution in [3.63, 3.8) is 0 Å². The van der Waals surface area contributed by atoms with Gasteiger partial charge in [-0.2, -0.15) is 0 Å². The lowest BCUT2D eigenvalue weighted by Gasteiger charge is -2.18. The molecule has 0 aliphatic heterocycles. The fourth-order valence-electron chi connectivity index (χ4n) is 2.07. The van der Waals surface area contributed by atoms with Gasteiger partial charge in [0.2, 0.25) is 0 Å². The first-order valence-electron chi connectivity index (χ1n) is 7.82. The molecular weight excluding hydrogens is 283 g/mol. The molecule has 0 atom stereocenters. The zero-order chi connectivity index (χ0) is 17.5. The van der Waals surface area contributed by atoms with Gasteiger partial charge in [0.05, 0.1) is 32.2 Å². The highest BCUT2D eigenvalue weighted by Gasteiger charge is 2.15. The number of aromatic nitrogens is 2. The molecule has 0 unspecified atom stereocenters. The number of nitrogens with zero attached hydrogens (tertiary/aromatic N) is 2. The number of halogens is 1. The molecule has 0 fully saturated rings. The summed E-state index contributed by atoms with van der Waals surface area (Å²) >= 11 is 0. The lowest BCUT2D eigenvalue weighted by Crippen LogP contribution is -2.25. The molecule has 3 rings (SSSR count). The van der Waals surface area contributed by atoms with Crippen LogP contribution in [0.25, 0.3) is 11.0 Å². The number of ether oxygens (including phenoxy) is 1. The molecule has 22 heavy (non-hydrogen) atoms. The normalized spacial score (nSPS) is 13.8. The molecule has 0 radical (unpaired) electrons. The molecule has 114 valence electrons. The maximum atomic E-state index is 13.0. The Labute approximate surface area is 130 Å². The number of rotatable bonds is 4. The first-order valence-corrected chi connectivity index (χ1v) is 6.82. The average molecular weight is 302 g/mol. The van der Waals surface area contributed by atoms with Gasteiger partial charge in [-0.25, -0.2) is 9.37 Å². The van der Waals surface area contributed by atoms with Crippen molar-refractivity contribution in [3.05, 3.63) is 54.6 Å². The van der Waals surface area contributed by atoms with E-state index in [1.165, 1.54) is 49.0 Å². The van der Waals surface area contributed by atoms with Crippen LogP contribution in [0.4, 0.5) is 4.39 Å². The van der Waals surface area contributed by atoms with Crippen LogP contribution in [0.15, 0.2) is 48.8 Å². The molecule has 0 spiro atoms. The maximum absolute atomic E-state index is 13.0. The highest BCUT2D eigenvalue weighted by molar-refractivity contribution is 5.77. The fourth-order valence-corrected chi connectivity index (χ4v) is 2.07. The zero-order valence-corrected chi connectivity index (χ0v) is 12.2. The average Bonchev–Trinajstić information content (AvgIpc) is 2.92. The van der Waals surface area contributed by atoms with Gasteiger partial charge in [-0.05, 0) is 50.2 Å². The summed E-state index contributed by atoms with van der Waals surface area (Å²) in [5, 5.41) is 10.1. The standard InChI is InChI=1S/C17H17FN2O2/c1-17(2,21)10-20-11-19-15-8-7-14(9-16(15)20)22-13-5-3-12(18)4-6-13/h3-9,11,21H,10H2,1-2H3/i10D2. The van der Waals surface area contributed by atoms with Crippen LogP contribution in [0, 0.1) is 5.82 Å². The predicted molar refractivity (Wildman–Crippen MR) is 82.5 cm³/mol. The molecule has 1 N–H and O–H groups in total. The van der Waals surface area contributed by atoms with Crippen LogP contribution in [-0.4, -0.2) is 20.3 Å². The molecule has 0 amide bonds. The van der Waals surface area contributed by atoms with Gasteiger partial charge in [0.25, 0.3) is 0 Å². The van der Waals surface area contributed by atoms with Crippen LogP contribution in [0.1, 0.15) is 16.6 Å². The Hall–Kier alpha value is -2.40. The second kappa shape index (κ2) is 5.42. The van der Waals surface area contributed by atoms with E-state index in [0.29, 0.717) is 22.5 Å². The van der Waals surface area contributed by atoms with Crippen molar-refractivity contribution in [2.75, 3.05) is 0 Å². The Morgan fingerprint density at radius 1 is 1.23 bits per heavy atom. The predicted octanol–water partition coefficient (Wildman–Crippen LogP) is 3.74. The quantitative estimate of drug-likeness (QED) is 0.798. The van der Waals surface area contributed by atoms with Gasteiger partial charge < -0.3 is 14.4 Å². The molecule has 5 heteroatoms. The van der Waals surface area contributed by atoms with Crippen LogP contribution in [0.2, 0.25) is 0 Å². The third-order valence-corrected chi connectivity index (χ3v) is 2.96. The Kier molecular flexibility index (Phi) is 3.00. The van der Waals surface area contributed by atoms with Crippen molar-refractivity contribution in [2.45, 2.75) is 25.9 Å². The first kappa shape index (κ1) is 12.2. The molecule has 0 bridgehead atoms. The van der Waals surface area contributed by atoms with Crippen LogP contribution in [0.3, 0.4) is 0 Å². The second-order valence-electron chi connectivity index (χ2n) is 5.49. The van der Waals surface area contributed by atoms with Crippen LogP contribution in [0.5, 0.6) is 11.5 Å². The van der Waals surface area contributed by atoms with Gasteiger partial charge in [-0.1, -0.05) is 0 Å². The van der Waals surface area contributed by atoms with Gasteiger partial charge >= 0.3 is 0 Å². The Bertz CT molecular complexity index is 870. The van der Waals surface area contributed by atoms with Gasteiger partial charge in [0, 0.05) is 6.07 Å². The topological polar surface area (TPSA) is 47.3 Å². The van der Waals surface area contributed by atoms with Gasteiger partial charge in [0.15, 0.2) is 0 Å². The van der Waals surface area contributed by atoms with Crippen molar-refractivity contribution in [1.29, 1.82) is 0 Å². The highest BCUT2D eigenvalue weighted by atomic mass is 19.1. The molecule has 0 aliphatic rings. The Balaban J connectivity index is 2.01. The van der Waals surface area contributed by atoms with Crippen molar-refractivity contribution in [1.82, 2.24) is 9.55 Å². The third-order valence-electron chi connectivity index (χ3n) is 2.96. The Morgan fingerprint density at radius 2 is 1.91 bits per heavy atom. The van der Waals surface area contributed by atoms with Crippen LogP contribution >= 0.6 is 0 Å². The minimum Gasteiger partial charge on any atom is -0.457 e. The molecule has 3 aromatic rings. The van der Waals surface area contributed by atoms with E-state index in [0.717, 1.165) is 0 Å². The minimum absolute atomic E-state index is 0.353. The van der Waals surface area contributed by atoms with Crippen LogP contribution in [-0.2, 0) is 6.50 Å².